The van der Waals surface area contributed by atoms with Crippen molar-refractivity contribution in [2.24, 2.45) is 5.92 Å². The molecule has 1 saturated heterocycles. The van der Waals surface area contributed by atoms with Gasteiger partial charge in [0.05, 0.1) is 5.76 Å². The van der Waals surface area contributed by atoms with E-state index in [2.05, 4.69) is 5.32 Å². The fraction of sp³-hybridized carbons (Fsp3) is 0.444. The van der Waals surface area contributed by atoms with Crippen molar-refractivity contribution in [2.45, 2.75) is 19.3 Å². The molecule has 64 valence electrons. The van der Waals surface area contributed by atoms with Gasteiger partial charge in [-0.1, -0.05) is 0 Å². The summed E-state index contributed by atoms with van der Waals surface area (Å²) < 4.78 is 0. The largest absolute Gasteiger partial charge is 0.512 e. The number of aliphatic hydroxyl groups is 1. The predicted octanol–water partition coefficient (Wildman–Crippen LogP) is 1.24. The summed E-state index contributed by atoms with van der Waals surface area (Å²) in [5, 5.41) is 12.0. The summed E-state index contributed by atoms with van der Waals surface area (Å²) in [5.41, 5.74) is 0.962. The highest BCUT2D eigenvalue weighted by Gasteiger charge is 2.25. The summed E-state index contributed by atoms with van der Waals surface area (Å²) in [4.78, 5) is 11.0. The third-order valence-corrected chi connectivity index (χ3v) is 2.35. The molecule has 0 saturated carbocycles. The number of allylic oxidation sites excluding steroid dienone is 4. The Bertz CT molecular complexity index is 278. The van der Waals surface area contributed by atoms with Gasteiger partial charge in [0, 0.05) is 24.5 Å². The zero-order valence-electron chi connectivity index (χ0n) is 6.71. The monoisotopic (exact) mass is 165 g/mol. The molecule has 1 atom stereocenters. The maximum absolute atomic E-state index is 11.0. The molecule has 1 aliphatic heterocycles. The van der Waals surface area contributed by atoms with Crippen LogP contribution in [0.2, 0.25) is 0 Å². The average molecular weight is 165 g/mol. The summed E-state index contributed by atoms with van der Waals surface area (Å²) in [5.74, 6) is 0.833. The molecule has 0 aromatic rings. The first kappa shape index (κ1) is 7.40. The third kappa shape index (κ3) is 1.22. The summed E-state index contributed by atoms with van der Waals surface area (Å²) in [6, 6.07) is 0. The summed E-state index contributed by atoms with van der Waals surface area (Å²) in [6.07, 6.45) is 5.55. The Balaban J connectivity index is 2.20. The molecule has 0 radical (unpaired) electrons. The molecule has 1 heterocycles. The smallest absolute Gasteiger partial charge is 0.224 e. The molecule has 0 aromatic carbocycles. The molecule has 3 heteroatoms. The van der Waals surface area contributed by atoms with Crippen LogP contribution >= 0.6 is 0 Å². The van der Waals surface area contributed by atoms with E-state index in [9.17, 15) is 9.90 Å². The van der Waals surface area contributed by atoms with Crippen LogP contribution in [-0.4, -0.2) is 11.0 Å². The zero-order chi connectivity index (χ0) is 8.55. The van der Waals surface area contributed by atoms with Crippen molar-refractivity contribution >= 4 is 5.91 Å². The van der Waals surface area contributed by atoms with Crippen molar-refractivity contribution in [2.75, 3.05) is 0 Å². The molecule has 1 amide bonds. The highest BCUT2D eigenvalue weighted by molar-refractivity contribution is 5.79. The van der Waals surface area contributed by atoms with E-state index in [0.717, 1.165) is 12.1 Å². The van der Waals surface area contributed by atoms with Gasteiger partial charge in [-0.2, -0.15) is 0 Å². The van der Waals surface area contributed by atoms with Crippen LogP contribution in [0.1, 0.15) is 19.3 Å². The van der Waals surface area contributed by atoms with Crippen LogP contribution in [0.25, 0.3) is 0 Å². The highest BCUT2D eigenvalue weighted by atomic mass is 16.3. The second kappa shape index (κ2) is 2.66. The Kier molecular flexibility index (Phi) is 1.64. The average Bonchev–Trinajstić information content (AvgIpc) is 2.05. The van der Waals surface area contributed by atoms with Crippen LogP contribution in [0.4, 0.5) is 0 Å². The van der Waals surface area contributed by atoms with Crippen molar-refractivity contribution < 1.29 is 9.90 Å². The minimum absolute atomic E-state index is 0.0901. The number of nitrogens with one attached hydrogen (secondary N) is 1. The lowest BCUT2D eigenvalue weighted by Crippen LogP contribution is -2.33. The normalized spacial score (nSPS) is 28.3. The molecule has 1 aliphatic carbocycles. The van der Waals surface area contributed by atoms with Gasteiger partial charge in [0.15, 0.2) is 0 Å². The quantitative estimate of drug-likeness (QED) is 0.567. The van der Waals surface area contributed by atoms with Gasteiger partial charge in [0.1, 0.15) is 0 Å². The molecule has 2 N–H and O–H groups in total. The van der Waals surface area contributed by atoms with Crippen LogP contribution in [0, 0.1) is 5.92 Å². The van der Waals surface area contributed by atoms with E-state index >= 15 is 0 Å². The Morgan fingerprint density at radius 3 is 3.17 bits per heavy atom. The molecule has 1 unspecified atom stereocenters. The summed E-state index contributed by atoms with van der Waals surface area (Å²) in [6.45, 7) is 0. The van der Waals surface area contributed by atoms with Crippen molar-refractivity contribution in [3.8, 4) is 0 Å². The maximum Gasteiger partial charge on any atom is 0.224 e. The minimum atomic E-state index is 0.0901. The summed E-state index contributed by atoms with van der Waals surface area (Å²) >= 11 is 0. The molecule has 12 heavy (non-hydrogen) atoms. The number of carbonyl (C=O) groups is 1. The molecule has 0 spiro atoms. The Morgan fingerprint density at radius 2 is 2.33 bits per heavy atom. The van der Waals surface area contributed by atoms with Crippen LogP contribution in [-0.2, 0) is 4.79 Å². The van der Waals surface area contributed by atoms with E-state index in [4.69, 9.17) is 0 Å². The number of fused-ring (bicyclic) bond motifs is 1. The number of hydrogen-bond acceptors (Lipinski definition) is 2. The number of carbonyl (C=O) groups excluding carboxylic acids is 1. The number of rotatable bonds is 0. The van der Waals surface area contributed by atoms with E-state index in [1.807, 2.05) is 0 Å². The van der Waals surface area contributed by atoms with Crippen molar-refractivity contribution in [1.29, 1.82) is 0 Å². The van der Waals surface area contributed by atoms with Gasteiger partial charge in [0.25, 0.3) is 0 Å². The Hall–Kier alpha value is -1.25. The number of aliphatic hydroxyl groups excluding tert-OH is 1. The van der Waals surface area contributed by atoms with Gasteiger partial charge >= 0.3 is 0 Å². The van der Waals surface area contributed by atoms with Gasteiger partial charge in [0.2, 0.25) is 5.91 Å². The topological polar surface area (TPSA) is 49.3 Å². The standard InChI is InChI=1S/C9H11NO2/c11-7-2-3-8-6(5-7)1-4-9(12)10-8/h2-3,6,11H,1,4-5H2,(H,10,12). The lowest BCUT2D eigenvalue weighted by atomic mass is 9.88. The molecule has 2 aliphatic rings. The fourth-order valence-electron chi connectivity index (χ4n) is 1.68. The van der Waals surface area contributed by atoms with Gasteiger partial charge in [-0.25, -0.2) is 0 Å². The molecule has 1 fully saturated rings. The summed E-state index contributed by atoms with van der Waals surface area (Å²) in [7, 11) is 0. The zero-order valence-corrected chi connectivity index (χ0v) is 6.71. The minimum Gasteiger partial charge on any atom is -0.512 e. The van der Waals surface area contributed by atoms with Gasteiger partial charge in [-0.15, -0.1) is 0 Å². The lowest BCUT2D eigenvalue weighted by Gasteiger charge is -2.27. The maximum atomic E-state index is 11.0. The number of piperidine rings is 1. The van der Waals surface area contributed by atoms with E-state index in [0.29, 0.717) is 24.5 Å². The van der Waals surface area contributed by atoms with E-state index in [1.54, 1.807) is 12.2 Å². The van der Waals surface area contributed by atoms with E-state index in [-0.39, 0.29) is 5.91 Å². The van der Waals surface area contributed by atoms with Crippen LogP contribution < -0.4 is 5.32 Å². The Labute approximate surface area is 70.8 Å². The van der Waals surface area contributed by atoms with Crippen LogP contribution in [0.5, 0.6) is 0 Å². The molecular formula is C9H11NO2. The second-order valence-electron chi connectivity index (χ2n) is 3.27. The number of hydrogen-bond donors (Lipinski definition) is 2. The Morgan fingerprint density at radius 1 is 1.50 bits per heavy atom. The van der Waals surface area contributed by atoms with Crippen molar-refractivity contribution in [1.82, 2.24) is 5.32 Å². The van der Waals surface area contributed by atoms with Gasteiger partial charge < -0.3 is 10.4 Å². The molecule has 0 aromatic heterocycles. The first-order valence-corrected chi connectivity index (χ1v) is 4.15. The van der Waals surface area contributed by atoms with Crippen molar-refractivity contribution in [3.63, 3.8) is 0 Å². The second-order valence-corrected chi connectivity index (χ2v) is 3.27. The fourth-order valence-corrected chi connectivity index (χ4v) is 1.68. The molecule has 0 bridgehead atoms. The van der Waals surface area contributed by atoms with Crippen LogP contribution in [0.3, 0.4) is 0 Å². The molecule has 2 rings (SSSR count). The van der Waals surface area contributed by atoms with Crippen molar-refractivity contribution in [3.05, 3.63) is 23.6 Å². The SMILES string of the molecule is O=C1CCC2CC(O)=CC=C2N1. The molecular weight excluding hydrogens is 154 g/mol. The van der Waals surface area contributed by atoms with E-state index in [1.165, 1.54) is 0 Å². The highest BCUT2D eigenvalue weighted by Crippen LogP contribution is 2.29. The first-order chi connectivity index (χ1) is 5.75. The van der Waals surface area contributed by atoms with Gasteiger partial charge in [-0.3, -0.25) is 4.79 Å². The predicted molar refractivity (Wildman–Crippen MR) is 44.3 cm³/mol. The lowest BCUT2D eigenvalue weighted by molar-refractivity contribution is -0.121. The van der Waals surface area contributed by atoms with Crippen LogP contribution in [0.15, 0.2) is 23.6 Å². The number of amides is 1. The first-order valence-electron chi connectivity index (χ1n) is 4.15. The van der Waals surface area contributed by atoms with Gasteiger partial charge in [-0.05, 0) is 18.6 Å². The van der Waals surface area contributed by atoms with E-state index < -0.39 is 0 Å². The molecule has 3 nitrogen and oxygen atoms in total. The third-order valence-electron chi connectivity index (χ3n) is 2.35.